The van der Waals surface area contributed by atoms with Crippen molar-refractivity contribution in [3.8, 4) is 0 Å². The molecular weight excluding hydrogens is 271 g/mol. The molecule has 20 heavy (non-hydrogen) atoms. The second-order valence-corrected chi connectivity index (χ2v) is 3.99. The summed E-state index contributed by atoms with van der Waals surface area (Å²) in [5.74, 6) is -5.04. The van der Waals surface area contributed by atoms with Crippen LogP contribution in [0.4, 0.5) is 18.9 Å². The molecule has 4 nitrogen and oxygen atoms in total. The molecule has 0 aliphatic rings. The van der Waals surface area contributed by atoms with E-state index in [1.807, 2.05) is 0 Å². The van der Waals surface area contributed by atoms with Crippen molar-refractivity contribution in [2.45, 2.75) is 0 Å². The van der Waals surface area contributed by atoms with E-state index in [2.05, 4.69) is 10.4 Å². The predicted octanol–water partition coefficient (Wildman–Crippen LogP) is 2.49. The Labute approximate surface area is 112 Å². The third-order valence-electron chi connectivity index (χ3n) is 2.45. The molecule has 2 rings (SSSR count). The van der Waals surface area contributed by atoms with Gasteiger partial charge in [0.15, 0.2) is 17.5 Å². The Hall–Kier alpha value is -2.57. The van der Waals surface area contributed by atoms with E-state index >= 15 is 0 Å². The molecule has 0 bridgehead atoms. The highest BCUT2D eigenvalue weighted by molar-refractivity contribution is 6.01. The number of nitrogens with zero attached hydrogens (tertiary/aromatic N) is 2. The van der Waals surface area contributed by atoms with E-state index in [-0.39, 0.29) is 0 Å². The number of benzene rings is 1. The lowest BCUT2D eigenvalue weighted by Gasteiger charge is -2.04. The molecule has 1 N–H and O–H groups in total. The topological polar surface area (TPSA) is 46.9 Å². The van der Waals surface area contributed by atoms with Gasteiger partial charge in [-0.1, -0.05) is 0 Å². The van der Waals surface area contributed by atoms with Gasteiger partial charge in [-0.3, -0.25) is 9.48 Å². The standard InChI is InChI=1S/C13H10F3N3O/c1-19-7-8(6-17-19)2-5-11(20)18-10-4-3-9(14)12(15)13(10)16/h2-7H,1H3,(H,18,20)/b5-2+. The van der Waals surface area contributed by atoms with Crippen molar-refractivity contribution in [2.24, 2.45) is 7.05 Å². The van der Waals surface area contributed by atoms with Crippen LogP contribution in [0.1, 0.15) is 5.56 Å². The second kappa shape index (κ2) is 5.60. The average molecular weight is 281 g/mol. The van der Waals surface area contributed by atoms with Crippen LogP contribution < -0.4 is 5.32 Å². The smallest absolute Gasteiger partial charge is 0.248 e. The molecule has 1 amide bonds. The van der Waals surface area contributed by atoms with E-state index in [1.54, 1.807) is 17.9 Å². The van der Waals surface area contributed by atoms with Crippen LogP contribution in [0.3, 0.4) is 0 Å². The van der Waals surface area contributed by atoms with Gasteiger partial charge in [-0.25, -0.2) is 13.2 Å². The maximum absolute atomic E-state index is 13.3. The van der Waals surface area contributed by atoms with Crippen molar-refractivity contribution in [1.29, 1.82) is 0 Å². The molecule has 0 radical (unpaired) electrons. The lowest BCUT2D eigenvalue weighted by atomic mass is 10.2. The van der Waals surface area contributed by atoms with Gasteiger partial charge in [0.1, 0.15) is 0 Å². The van der Waals surface area contributed by atoms with Crippen LogP contribution in [-0.4, -0.2) is 15.7 Å². The van der Waals surface area contributed by atoms with Gasteiger partial charge in [0.2, 0.25) is 5.91 Å². The van der Waals surface area contributed by atoms with Gasteiger partial charge in [-0.15, -0.1) is 0 Å². The normalized spacial score (nSPS) is 11.0. The molecule has 0 spiro atoms. The Morgan fingerprint density at radius 3 is 2.70 bits per heavy atom. The van der Waals surface area contributed by atoms with Gasteiger partial charge in [0.05, 0.1) is 11.9 Å². The van der Waals surface area contributed by atoms with E-state index in [0.29, 0.717) is 5.56 Å². The molecule has 104 valence electrons. The molecule has 0 saturated carbocycles. The Balaban J connectivity index is 2.09. The predicted molar refractivity (Wildman–Crippen MR) is 67.2 cm³/mol. The molecule has 0 fully saturated rings. The number of hydrogen-bond acceptors (Lipinski definition) is 2. The van der Waals surface area contributed by atoms with Crippen LogP contribution in [0.5, 0.6) is 0 Å². The number of aromatic nitrogens is 2. The number of amides is 1. The molecule has 0 saturated heterocycles. The SMILES string of the molecule is Cn1cc(/C=C/C(=O)Nc2ccc(F)c(F)c2F)cn1. The minimum absolute atomic E-state index is 0.426. The molecule has 0 unspecified atom stereocenters. The van der Waals surface area contributed by atoms with Crippen molar-refractivity contribution in [1.82, 2.24) is 9.78 Å². The number of rotatable bonds is 3. The fourth-order valence-corrected chi connectivity index (χ4v) is 1.49. The number of halogens is 3. The van der Waals surface area contributed by atoms with Crippen molar-refractivity contribution in [3.05, 3.63) is 53.6 Å². The summed E-state index contributed by atoms with van der Waals surface area (Å²) in [5.41, 5.74) is 0.248. The molecular formula is C13H10F3N3O. The monoisotopic (exact) mass is 281 g/mol. The van der Waals surface area contributed by atoms with E-state index in [1.165, 1.54) is 12.3 Å². The van der Waals surface area contributed by atoms with Crippen LogP contribution >= 0.6 is 0 Å². The average Bonchev–Trinajstić information content (AvgIpc) is 2.83. The van der Waals surface area contributed by atoms with Gasteiger partial charge in [0.25, 0.3) is 0 Å². The Kier molecular flexibility index (Phi) is 3.88. The Morgan fingerprint density at radius 1 is 1.30 bits per heavy atom. The van der Waals surface area contributed by atoms with Crippen LogP contribution in [0.15, 0.2) is 30.6 Å². The second-order valence-electron chi connectivity index (χ2n) is 3.99. The number of nitrogens with one attached hydrogen (secondary N) is 1. The molecule has 1 aromatic heterocycles. The van der Waals surface area contributed by atoms with Crippen LogP contribution in [0.2, 0.25) is 0 Å². The first-order chi connectivity index (χ1) is 9.47. The summed E-state index contributed by atoms with van der Waals surface area (Å²) in [4.78, 5) is 11.5. The van der Waals surface area contributed by atoms with Crippen LogP contribution in [-0.2, 0) is 11.8 Å². The van der Waals surface area contributed by atoms with Crippen molar-refractivity contribution in [3.63, 3.8) is 0 Å². The van der Waals surface area contributed by atoms with Gasteiger partial charge in [-0.05, 0) is 18.2 Å². The molecule has 0 atom stereocenters. The first kappa shape index (κ1) is 13.9. The van der Waals surface area contributed by atoms with E-state index < -0.39 is 29.0 Å². The molecule has 0 aliphatic carbocycles. The number of aryl methyl sites for hydroxylation is 1. The maximum Gasteiger partial charge on any atom is 0.248 e. The lowest BCUT2D eigenvalue weighted by Crippen LogP contribution is -2.10. The van der Waals surface area contributed by atoms with Crippen molar-refractivity contribution in [2.75, 3.05) is 5.32 Å². The number of carbonyl (C=O) groups excluding carboxylic acids is 1. The zero-order valence-electron chi connectivity index (χ0n) is 10.4. The fraction of sp³-hybridized carbons (Fsp3) is 0.0769. The summed E-state index contributed by atoms with van der Waals surface area (Å²) in [6.45, 7) is 0. The van der Waals surface area contributed by atoms with Gasteiger partial charge < -0.3 is 5.32 Å². The maximum atomic E-state index is 13.3. The largest absolute Gasteiger partial charge is 0.320 e. The zero-order chi connectivity index (χ0) is 14.7. The highest BCUT2D eigenvalue weighted by Gasteiger charge is 2.14. The summed E-state index contributed by atoms with van der Waals surface area (Å²) >= 11 is 0. The molecule has 1 aromatic carbocycles. The third-order valence-corrected chi connectivity index (χ3v) is 2.45. The molecule has 2 aromatic rings. The Morgan fingerprint density at radius 2 is 2.05 bits per heavy atom. The Bertz CT molecular complexity index is 679. The van der Waals surface area contributed by atoms with Gasteiger partial charge in [-0.2, -0.15) is 5.10 Å². The fourth-order valence-electron chi connectivity index (χ4n) is 1.49. The first-order valence-electron chi connectivity index (χ1n) is 5.58. The highest BCUT2D eigenvalue weighted by atomic mass is 19.2. The summed E-state index contributed by atoms with van der Waals surface area (Å²) in [6, 6.07) is 1.68. The first-order valence-corrected chi connectivity index (χ1v) is 5.58. The summed E-state index contributed by atoms with van der Waals surface area (Å²) in [5, 5.41) is 6.02. The number of hydrogen-bond donors (Lipinski definition) is 1. The summed E-state index contributed by atoms with van der Waals surface area (Å²) in [7, 11) is 1.72. The quantitative estimate of drug-likeness (QED) is 0.694. The molecule has 1 heterocycles. The summed E-state index contributed by atoms with van der Waals surface area (Å²) < 4.78 is 40.6. The van der Waals surface area contributed by atoms with Crippen molar-refractivity contribution >= 4 is 17.7 Å². The number of carbonyl (C=O) groups is 1. The van der Waals surface area contributed by atoms with E-state index in [9.17, 15) is 18.0 Å². The number of anilines is 1. The van der Waals surface area contributed by atoms with Gasteiger partial charge >= 0.3 is 0 Å². The zero-order valence-corrected chi connectivity index (χ0v) is 10.4. The summed E-state index contributed by atoms with van der Waals surface area (Å²) in [6.07, 6.45) is 5.79. The minimum atomic E-state index is -1.63. The molecule has 0 aliphatic heterocycles. The van der Waals surface area contributed by atoms with Crippen molar-refractivity contribution < 1.29 is 18.0 Å². The third kappa shape index (κ3) is 3.05. The van der Waals surface area contributed by atoms with Gasteiger partial charge in [0, 0.05) is 24.9 Å². The van der Waals surface area contributed by atoms with E-state index in [4.69, 9.17) is 0 Å². The molecule has 7 heteroatoms. The minimum Gasteiger partial charge on any atom is -0.320 e. The van der Waals surface area contributed by atoms with Crippen LogP contribution in [0.25, 0.3) is 6.08 Å². The highest BCUT2D eigenvalue weighted by Crippen LogP contribution is 2.19. The van der Waals surface area contributed by atoms with E-state index in [0.717, 1.165) is 18.2 Å². The van der Waals surface area contributed by atoms with Crippen LogP contribution in [0, 0.1) is 17.5 Å². The lowest BCUT2D eigenvalue weighted by molar-refractivity contribution is -0.111.